The van der Waals surface area contributed by atoms with E-state index in [0.717, 1.165) is 56.4 Å². The van der Waals surface area contributed by atoms with Crippen molar-refractivity contribution in [3.8, 4) is 0 Å². The molecule has 2 atom stereocenters. The SMILES string of the molecule is CN=C(NCCCCN1CC(C)CC(C)C1)NCCCOCC1CC1. The number of nitrogens with zero attached hydrogens (tertiary/aromatic N) is 2. The van der Waals surface area contributed by atoms with Crippen LogP contribution in [0.5, 0.6) is 0 Å². The van der Waals surface area contributed by atoms with Gasteiger partial charge in [0.15, 0.2) is 5.96 Å². The van der Waals surface area contributed by atoms with Gasteiger partial charge in [-0.2, -0.15) is 0 Å². The molecule has 0 amide bonds. The van der Waals surface area contributed by atoms with Crippen LogP contribution in [0.25, 0.3) is 0 Å². The van der Waals surface area contributed by atoms with Crippen LogP contribution in [0.4, 0.5) is 0 Å². The van der Waals surface area contributed by atoms with Gasteiger partial charge >= 0.3 is 0 Å². The number of hydrogen-bond donors (Lipinski definition) is 2. The quantitative estimate of drug-likeness (QED) is 0.341. The molecule has 0 aromatic rings. The Morgan fingerprint density at radius 1 is 1.04 bits per heavy atom. The molecule has 146 valence electrons. The van der Waals surface area contributed by atoms with Gasteiger partial charge in [0.1, 0.15) is 0 Å². The molecule has 1 saturated heterocycles. The number of likely N-dealkylation sites (tertiary alicyclic amines) is 1. The second-order valence-electron chi connectivity index (χ2n) is 8.21. The zero-order valence-electron chi connectivity index (χ0n) is 16.7. The highest BCUT2D eigenvalue weighted by Crippen LogP contribution is 2.28. The maximum Gasteiger partial charge on any atom is 0.190 e. The largest absolute Gasteiger partial charge is 0.381 e. The lowest BCUT2D eigenvalue weighted by atomic mass is 9.92. The summed E-state index contributed by atoms with van der Waals surface area (Å²) in [6, 6.07) is 0. The highest BCUT2D eigenvalue weighted by molar-refractivity contribution is 5.79. The number of ether oxygens (including phenoxy) is 1. The molecule has 5 heteroatoms. The summed E-state index contributed by atoms with van der Waals surface area (Å²) in [5, 5.41) is 6.80. The minimum absolute atomic E-state index is 0.854. The molecule has 2 aliphatic rings. The molecule has 2 N–H and O–H groups in total. The summed E-state index contributed by atoms with van der Waals surface area (Å²) >= 11 is 0. The second kappa shape index (κ2) is 11.7. The monoisotopic (exact) mass is 352 g/mol. The Labute approximate surface area is 155 Å². The number of aliphatic imine (C=N–C) groups is 1. The lowest BCUT2D eigenvalue weighted by Crippen LogP contribution is -2.40. The summed E-state index contributed by atoms with van der Waals surface area (Å²) in [7, 11) is 1.84. The van der Waals surface area contributed by atoms with Crippen LogP contribution in [0.15, 0.2) is 4.99 Å². The predicted molar refractivity (Wildman–Crippen MR) is 106 cm³/mol. The maximum absolute atomic E-state index is 5.65. The van der Waals surface area contributed by atoms with Gasteiger partial charge in [-0.15, -0.1) is 0 Å². The van der Waals surface area contributed by atoms with Crippen LogP contribution in [-0.2, 0) is 4.74 Å². The van der Waals surface area contributed by atoms with Crippen LogP contribution in [0.1, 0.15) is 52.4 Å². The Kier molecular flexibility index (Phi) is 9.63. The zero-order chi connectivity index (χ0) is 17.9. The van der Waals surface area contributed by atoms with Crippen molar-refractivity contribution >= 4 is 5.96 Å². The van der Waals surface area contributed by atoms with Crippen LogP contribution < -0.4 is 10.6 Å². The van der Waals surface area contributed by atoms with Crippen molar-refractivity contribution < 1.29 is 4.74 Å². The number of guanidine groups is 1. The van der Waals surface area contributed by atoms with Gasteiger partial charge in [0.25, 0.3) is 0 Å². The molecule has 2 fully saturated rings. The van der Waals surface area contributed by atoms with E-state index >= 15 is 0 Å². The van der Waals surface area contributed by atoms with Gasteiger partial charge in [-0.3, -0.25) is 4.99 Å². The molecule has 0 radical (unpaired) electrons. The molecule has 25 heavy (non-hydrogen) atoms. The Morgan fingerprint density at radius 2 is 1.72 bits per heavy atom. The predicted octanol–water partition coefficient (Wildman–Crippen LogP) is 2.73. The van der Waals surface area contributed by atoms with Crippen LogP contribution in [-0.4, -0.2) is 63.8 Å². The normalized spacial score (nSPS) is 25.2. The molecule has 5 nitrogen and oxygen atoms in total. The van der Waals surface area contributed by atoms with E-state index in [0.29, 0.717) is 0 Å². The number of hydrogen-bond acceptors (Lipinski definition) is 3. The van der Waals surface area contributed by atoms with Crippen LogP contribution in [0.2, 0.25) is 0 Å². The summed E-state index contributed by atoms with van der Waals surface area (Å²) in [4.78, 5) is 6.94. The Hall–Kier alpha value is -0.810. The molecule has 0 spiro atoms. The summed E-state index contributed by atoms with van der Waals surface area (Å²) in [5.74, 6) is 3.50. The first kappa shape index (κ1) is 20.5. The van der Waals surface area contributed by atoms with E-state index in [-0.39, 0.29) is 0 Å². The fourth-order valence-corrected chi connectivity index (χ4v) is 3.78. The molecule has 0 aromatic carbocycles. The number of nitrogens with one attached hydrogen (secondary N) is 2. The van der Waals surface area contributed by atoms with E-state index in [1.54, 1.807) is 0 Å². The highest BCUT2D eigenvalue weighted by Gasteiger charge is 2.21. The average molecular weight is 353 g/mol. The minimum atomic E-state index is 0.854. The van der Waals surface area contributed by atoms with Gasteiger partial charge in [-0.05, 0) is 62.8 Å². The van der Waals surface area contributed by atoms with E-state index in [2.05, 4.69) is 34.4 Å². The molecule has 0 bridgehead atoms. The van der Waals surface area contributed by atoms with E-state index in [9.17, 15) is 0 Å². The van der Waals surface area contributed by atoms with Gasteiger partial charge in [0, 0.05) is 46.4 Å². The zero-order valence-corrected chi connectivity index (χ0v) is 16.7. The first-order valence-electron chi connectivity index (χ1n) is 10.4. The standard InChI is InChI=1S/C20H40N4O/c1-17-13-18(2)15-24(14-17)11-5-4-9-22-20(21-3)23-10-6-12-25-16-19-7-8-19/h17-19H,4-16H2,1-3H3,(H2,21,22,23). The van der Waals surface area contributed by atoms with Crippen molar-refractivity contribution in [2.45, 2.75) is 52.4 Å². The average Bonchev–Trinajstić information content (AvgIpc) is 3.39. The lowest BCUT2D eigenvalue weighted by Gasteiger charge is -2.34. The minimum Gasteiger partial charge on any atom is -0.381 e. The summed E-state index contributed by atoms with van der Waals surface area (Å²) in [5.41, 5.74) is 0. The second-order valence-corrected chi connectivity index (χ2v) is 8.21. The van der Waals surface area contributed by atoms with Gasteiger partial charge in [0.2, 0.25) is 0 Å². The van der Waals surface area contributed by atoms with Gasteiger partial charge in [-0.25, -0.2) is 0 Å². The summed E-state index contributed by atoms with van der Waals surface area (Å²) < 4.78 is 5.65. The fourth-order valence-electron chi connectivity index (χ4n) is 3.78. The van der Waals surface area contributed by atoms with Gasteiger partial charge in [0.05, 0.1) is 0 Å². The van der Waals surface area contributed by atoms with Crippen LogP contribution in [0, 0.1) is 17.8 Å². The smallest absolute Gasteiger partial charge is 0.190 e. The van der Waals surface area contributed by atoms with Crippen molar-refractivity contribution in [2.75, 3.05) is 53.0 Å². The fraction of sp³-hybridized carbons (Fsp3) is 0.950. The first-order valence-corrected chi connectivity index (χ1v) is 10.4. The molecule has 2 rings (SSSR count). The number of rotatable bonds is 11. The number of piperidine rings is 1. The van der Waals surface area contributed by atoms with Gasteiger partial charge in [-0.1, -0.05) is 13.8 Å². The van der Waals surface area contributed by atoms with E-state index in [4.69, 9.17) is 4.74 Å². The van der Waals surface area contributed by atoms with Crippen molar-refractivity contribution in [3.63, 3.8) is 0 Å². The van der Waals surface area contributed by atoms with Crippen LogP contribution >= 0.6 is 0 Å². The third kappa shape index (κ3) is 9.45. The first-order chi connectivity index (χ1) is 12.2. The number of unbranched alkanes of at least 4 members (excludes halogenated alkanes) is 1. The highest BCUT2D eigenvalue weighted by atomic mass is 16.5. The van der Waals surface area contributed by atoms with E-state index < -0.39 is 0 Å². The third-order valence-corrected chi connectivity index (χ3v) is 5.17. The molecule has 0 aromatic heterocycles. The molecule has 1 saturated carbocycles. The molecule has 1 aliphatic carbocycles. The van der Waals surface area contributed by atoms with Crippen molar-refractivity contribution in [3.05, 3.63) is 0 Å². The van der Waals surface area contributed by atoms with Crippen LogP contribution in [0.3, 0.4) is 0 Å². The van der Waals surface area contributed by atoms with E-state index in [1.165, 1.54) is 51.7 Å². The summed E-state index contributed by atoms with van der Waals surface area (Å²) in [6.07, 6.45) is 7.63. The Bertz CT molecular complexity index is 374. The van der Waals surface area contributed by atoms with Gasteiger partial charge < -0.3 is 20.3 Å². The molecular weight excluding hydrogens is 312 g/mol. The Balaban J connectivity index is 1.42. The van der Waals surface area contributed by atoms with Crippen molar-refractivity contribution in [1.82, 2.24) is 15.5 Å². The molecule has 1 aliphatic heterocycles. The third-order valence-electron chi connectivity index (χ3n) is 5.17. The molecule has 2 unspecified atom stereocenters. The Morgan fingerprint density at radius 3 is 2.36 bits per heavy atom. The lowest BCUT2D eigenvalue weighted by molar-refractivity contribution is 0.123. The molecular formula is C20H40N4O. The topological polar surface area (TPSA) is 48.9 Å². The summed E-state index contributed by atoms with van der Waals surface area (Å²) in [6.45, 7) is 12.3. The maximum atomic E-state index is 5.65. The molecule has 1 heterocycles. The van der Waals surface area contributed by atoms with E-state index in [1.807, 2.05) is 7.05 Å². The van der Waals surface area contributed by atoms with Crippen molar-refractivity contribution in [1.29, 1.82) is 0 Å². The van der Waals surface area contributed by atoms with Crippen molar-refractivity contribution in [2.24, 2.45) is 22.7 Å².